The largest absolute Gasteiger partial charge is 0.618 e. The summed E-state index contributed by atoms with van der Waals surface area (Å²) < 4.78 is 39.5. The first-order valence-electron chi connectivity index (χ1n) is 13.8. The van der Waals surface area contributed by atoms with Crippen LogP contribution >= 0.6 is 0 Å². The summed E-state index contributed by atoms with van der Waals surface area (Å²) in [5, 5.41) is 12.9. The molecule has 0 aliphatic carbocycles. The third-order valence-corrected chi connectivity index (χ3v) is 7.65. The third-order valence-electron chi connectivity index (χ3n) is 7.65. The molecule has 2 aliphatic rings. The lowest BCUT2D eigenvalue weighted by molar-refractivity contribution is -0.614. The summed E-state index contributed by atoms with van der Waals surface area (Å²) in [5.41, 5.74) is 0.659. The highest BCUT2D eigenvalue weighted by molar-refractivity contribution is 5.97. The Bertz CT molecular complexity index is 1310. The number of hydrogen-bond acceptors (Lipinski definition) is 6. The van der Waals surface area contributed by atoms with Crippen LogP contribution < -0.4 is 9.63 Å². The van der Waals surface area contributed by atoms with Crippen LogP contribution in [-0.4, -0.2) is 79.4 Å². The van der Waals surface area contributed by atoms with Gasteiger partial charge in [0.2, 0.25) is 5.91 Å². The number of piperazine rings is 1. The number of aromatic nitrogens is 1. The predicted molar refractivity (Wildman–Crippen MR) is 150 cm³/mol. The number of amides is 2. The zero-order chi connectivity index (χ0) is 30.3. The molecule has 4 rings (SSSR count). The van der Waals surface area contributed by atoms with Crippen molar-refractivity contribution < 1.29 is 32.6 Å². The van der Waals surface area contributed by atoms with E-state index in [1.54, 1.807) is 23.0 Å². The molecule has 224 valence electrons. The van der Waals surface area contributed by atoms with Gasteiger partial charge in [0.15, 0.2) is 11.9 Å². The van der Waals surface area contributed by atoms with Crippen LogP contribution in [0.1, 0.15) is 58.4 Å². The van der Waals surface area contributed by atoms with Gasteiger partial charge >= 0.3 is 6.09 Å². The maximum atomic E-state index is 14.4. The fourth-order valence-corrected chi connectivity index (χ4v) is 5.58. The van der Waals surface area contributed by atoms with Gasteiger partial charge < -0.3 is 24.5 Å². The number of nitrogens with zero attached hydrogens (tertiary/aromatic N) is 4. The number of halogens is 2. The smallest absolute Gasteiger partial charge is 0.410 e. The second kappa shape index (κ2) is 11.5. The Kier molecular flexibility index (Phi) is 8.61. The second-order valence-corrected chi connectivity index (χ2v) is 12.7. The van der Waals surface area contributed by atoms with Crippen LogP contribution in [0.2, 0.25) is 0 Å². The van der Waals surface area contributed by atoms with Gasteiger partial charge in [-0.25, -0.2) is 13.6 Å². The van der Waals surface area contributed by atoms with Crippen molar-refractivity contribution in [3.8, 4) is 0 Å². The summed E-state index contributed by atoms with van der Waals surface area (Å²) in [6.45, 7) is 12.9. The van der Waals surface area contributed by atoms with E-state index in [1.807, 2.05) is 46.4 Å². The number of carbonyl (C=O) groups excluding carboxylic acids is 2. The number of pyridine rings is 1. The zero-order valence-electron chi connectivity index (χ0n) is 24.9. The van der Waals surface area contributed by atoms with Crippen LogP contribution in [0.25, 0.3) is 0 Å². The molecule has 3 heterocycles. The number of methoxy groups -OCH3 is 1. The van der Waals surface area contributed by atoms with Crippen LogP contribution in [-0.2, 0) is 26.1 Å². The standard InChI is InChI=1S/C30H40F2N4O5/c1-19-13-33(23(17-40-7)14-34(19)28(38)41-29(2,3)4)16-27(37)35-18-30(5,6)24-15-36(39)22(12-26(24)35)10-20-8-9-21(31)11-25(20)32/h8-9,11-12,15,19,23H,10,13-14,16-18H2,1-7H3/t19-,23-/m1/s1. The van der Waals surface area contributed by atoms with E-state index in [2.05, 4.69) is 0 Å². The number of benzene rings is 1. The third kappa shape index (κ3) is 6.78. The van der Waals surface area contributed by atoms with E-state index in [0.717, 1.165) is 17.7 Å². The number of ether oxygens (including phenoxy) is 2. The minimum absolute atomic E-state index is 0.0502. The quantitative estimate of drug-likeness (QED) is 0.386. The topological polar surface area (TPSA) is 89.3 Å². The molecule has 2 amide bonds. The van der Waals surface area contributed by atoms with E-state index in [-0.39, 0.29) is 42.2 Å². The molecule has 2 atom stereocenters. The molecular formula is C30H40F2N4O5. The van der Waals surface area contributed by atoms with Crippen molar-refractivity contribution in [3.63, 3.8) is 0 Å². The Labute approximate surface area is 240 Å². The van der Waals surface area contributed by atoms with Gasteiger partial charge in [0, 0.05) is 55.9 Å². The zero-order valence-corrected chi connectivity index (χ0v) is 24.9. The minimum atomic E-state index is -0.734. The van der Waals surface area contributed by atoms with Crippen molar-refractivity contribution in [3.05, 3.63) is 64.1 Å². The molecule has 0 radical (unpaired) electrons. The van der Waals surface area contributed by atoms with Crippen molar-refractivity contribution in [2.45, 2.75) is 71.1 Å². The predicted octanol–water partition coefficient (Wildman–Crippen LogP) is 3.77. The Morgan fingerprint density at radius 1 is 1.17 bits per heavy atom. The maximum Gasteiger partial charge on any atom is 0.410 e. The first-order valence-corrected chi connectivity index (χ1v) is 13.8. The van der Waals surface area contributed by atoms with Crippen molar-refractivity contribution in [2.75, 3.05) is 44.8 Å². The van der Waals surface area contributed by atoms with Gasteiger partial charge in [-0.1, -0.05) is 19.9 Å². The van der Waals surface area contributed by atoms with Crippen molar-refractivity contribution in [2.24, 2.45) is 0 Å². The van der Waals surface area contributed by atoms with Gasteiger partial charge in [-0.2, -0.15) is 4.73 Å². The monoisotopic (exact) mass is 574 g/mol. The highest BCUT2D eigenvalue weighted by Crippen LogP contribution is 2.40. The van der Waals surface area contributed by atoms with Gasteiger partial charge in [-0.05, 0) is 39.3 Å². The van der Waals surface area contributed by atoms with Gasteiger partial charge in [-0.15, -0.1) is 0 Å². The molecule has 9 nitrogen and oxygen atoms in total. The van der Waals surface area contributed by atoms with Crippen molar-refractivity contribution >= 4 is 17.7 Å². The minimum Gasteiger partial charge on any atom is -0.618 e. The number of fused-ring (bicyclic) bond motifs is 1. The Hall–Kier alpha value is -3.31. The fourth-order valence-electron chi connectivity index (χ4n) is 5.58. The summed E-state index contributed by atoms with van der Waals surface area (Å²) >= 11 is 0. The Morgan fingerprint density at radius 3 is 2.51 bits per heavy atom. The summed E-state index contributed by atoms with van der Waals surface area (Å²) in [7, 11) is 1.58. The summed E-state index contributed by atoms with van der Waals surface area (Å²) in [4.78, 5) is 32.0. The van der Waals surface area contributed by atoms with Gasteiger partial charge in [0.25, 0.3) is 0 Å². The SMILES string of the molecule is COC[C@H]1CN(C(=O)OC(C)(C)C)[C@H](C)CN1CC(=O)N1CC(C)(C)c2c[n+]([O-])c(Cc3ccc(F)cc3F)cc21. The van der Waals surface area contributed by atoms with Crippen LogP contribution in [0.15, 0.2) is 30.5 Å². The molecular weight excluding hydrogens is 534 g/mol. The summed E-state index contributed by atoms with van der Waals surface area (Å²) in [6, 6.07) is 4.48. The van der Waals surface area contributed by atoms with Crippen molar-refractivity contribution in [1.29, 1.82) is 0 Å². The molecule has 0 saturated carbocycles. The average molecular weight is 575 g/mol. The molecule has 0 N–H and O–H groups in total. The first-order chi connectivity index (χ1) is 19.1. The van der Waals surface area contributed by atoms with Gasteiger partial charge in [0.05, 0.1) is 31.3 Å². The normalized spacial score (nSPS) is 20.7. The Morgan fingerprint density at radius 2 is 1.88 bits per heavy atom. The van der Waals surface area contributed by atoms with E-state index in [0.29, 0.717) is 36.7 Å². The molecule has 11 heteroatoms. The lowest BCUT2D eigenvalue weighted by atomic mass is 9.88. The first kappa shape index (κ1) is 30.6. The highest BCUT2D eigenvalue weighted by atomic mass is 19.1. The molecule has 0 bridgehead atoms. The van der Waals surface area contributed by atoms with E-state index in [9.17, 15) is 23.6 Å². The lowest BCUT2D eigenvalue weighted by Crippen LogP contribution is -2.62. The summed E-state index contributed by atoms with van der Waals surface area (Å²) in [6.07, 6.45) is 1.00. The van der Waals surface area contributed by atoms with E-state index in [1.165, 1.54) is 12.3 Å². The second-order valence-electron chi connectivity index (χ2n) is 12.7. The van der Waals surface area contributed by atoms with E-state index in [4.69, 9.17) is 9.47 Å². The molecule has 41 heavy (non-hydrogen) atoms. The molecule has 1 saturated heterocycles. The average Bonchev–Trinajstić information content (AvgIpc) is 3.11. The number of hydrogen-bond donors (Lipinski definition) is 0. The van der Waals surface area contributed by atoms with Gasteiger partial charge in [-0.3, -0.25) is 9.69 Å². The summed E-state index contributed by atoms with van der Waals surface area (Å²) in [5.74, 6) is -1.58. The van der Waals surface area contributed by atoms with Crippen LogP contribution in [0.5, 0.6) is 0 Å². The molecule has 0 unspecified atom stereocenters. The molecule has 1 aromatic carbocycles. The molecule has 2 aliphatic heterocycles. The fraction of sp³-hybridized carbons (Fsp3) is 0.567. The number of carbonyl (C=O) groups is 2. The number of anilines is 1. The Balaban J connectivity index is 1.56. The van der Waals surface area contributed by atoms with Crippen LogP contribution in [0.3, 0.4) is 0 Å². The van der Waals surface area contributed by atoms with Crippen molar-refractivity contribution in [1.82, 2.24) is 9.80 Å². The molecule has 0 spiro atoms. The van der Waals surface area contributed by atoms with Crippen LogP contribution in [0, 0.1) is 16.8 Å². The van der Waals surface area contributed by atoms with E-state index >= 15 is 0 Å². The lowest BCUT2D eigenvalue weighted by Gasteiger charge is -2.45. The molecule has 1 aromatic heterocycles. The van der Waals surface area contributed by atoms with Crippen LogP contribution in [0.4, 0.5) is 19.3 Å². The molecule has 1 fully saturated rings. The van der Waals surface area contributed by atoms with E-state index < -0.39 is 28.7 Å². The molecule has 2 aromatic rings. The highest BCUT2D eigenvalue weighted by Gasteiger charge is 2.43. The van der Waals surface area contributed by atoms with Gasteiger partial charge in [0.1, 0.15) is 17.2 Å². The maximum absolute atomic E-state index is 14.4. The number of rotatable bonds is 6.